The number of rotatable bonds is 4. The second-order valence-corrected chi connectivity index (χ2v) is 4.23. The number of aliphatic hydroxyl groups excluding tert-OH is 1. The van der Waals surface area contributed by atoms with Crippen LogP contribution in [0, 0.1) is 0 Å². The lowest BCUT2D eigenvalue weighted by molar-refractivity contribution is -0.139. The molecule has 13 heavy (non-hydrogen) atoms. The van der Waals surface area contributed by atoms with Gasteiger partial charge >= 0.3 is 0 Å². The van der Waals surface area contributed by atoms with Crippen molar-refractivity contribution >= 4 is 0 Å². The molecule has 0 radical (unpaired) electrons. The maximum atomic E-state index is 9.06. The van der Waals surface area contributed by atoms with Gasteiger partial charge in [0, 0.05) is 0 Å². The van der Waals surface area contributed by atoms with E-state index in [1.54, 1.807) is 0 Å². The third-order valence-electron chi connectivity index (χ3n) is 2.22. The molecule has 1 fully saturated rings. The molecule has 1 N–H and O–H groups in total. The molecule has 1 heterocycles. The first kappa shape index (κ1) is 11.0. The Balaban J connectivity index is 2.11. The van der Waals surface area contributed by atoms with E-state index < -0.39 is 5.79 Å². The predicted octanol–water partition coefficient (Wildman–Crippen LogP) is 1.69. The zero-order chi connectivity index (χ0) is 9.90. The van der Waals surface area contributed by atoms with Gasteiger partial charge in [0.05, 0.1) is 18.8 Å². The fourth-order valence-electron chi connectivity index (χ4n) is 1.55. The van der Waals surface area contributed by atoms with E-state index >= 15 is 0 Å². The van der Waals surface area contributed by atoms with Crippen LogP contribution >= 0.6 is 0 Å². The summed E-state index contributed by atoms with van der Waals surface area (Å²) in [7, 11) is 0. The zero-order valence-electron chi connectivity index (χ0n) is 8.75. The monoisotopic (exact) mass is 188 g/mol. The van der Waals surface area contributed by atoms with Gasteiger partial charge in [0.1, 0.15) is 0 Å². The first-order valence-corrected chi connectivity index (χ1v) is 4.99. The molecule has 0 amide bonds. The molecule has 0 aromatic rings. The minimum absolute atomic E-state index is 0.199. The predicted molar refractivity (Wildman–Crippen MR) is 50.4 cm³/mol. The van der Waals surface area contributed by atoms with Gasteiger partial charge in [0.2, 0.25) is 0 Å². The van der Waals surface area contributed by atoms with Crippen molar-refractivity contribution in [2.24, 2.45) is 0 Å². The molecule has 0 aromatic heterocycles. The average Bonchev–Trinajstić information content (AvgIpc) is 2.29. The maximum Gasteiger partial charge on any atom is 0.163 e. The van der Waals surface area contributed by atoms with Crippen LogP contribution in [-0.2, 0) is 9.47 Å². The highest BCUT2D eigenvalue weighted by Crippen LogP contribution is 2.25. The summed E-state index contributed by atoms with van der Waals surface area (Å²) in [5.74, 6) is -0.407. The van der Waals surface area contributed by atoms with E-state index in [4.69, 9.17) is 14.6 Å². The SMILES string of the molecule is CC(O)CCCC1COC(C)(C)O1. The Morgan fingerprint density at radius 3 is 2.69 bits per heavy atom. The molecule has 78 valence electrons. The minimum Gasteiger partial charge on any atom is -0.393 e. The van der Waals surface area contributed by atoms with Crippen molar-refractivity contribution in [3.63, 3.8) is 0 Å². The van der Waals surface area contributed by atoms with Crippen molar-refractivity contribution in [2.75, 3.05) is 6.61 Å². The Labute approximate surface area is 80.0 Å². The Hall–Kier alpha value is -0.120. The molecular weight excluding hydrogens is 168 g/mol. The molecule has 0 aliphatic carbocycles. The lowest BCUT2D eigenvalue weighted by Crippen LogP contribution is -2.21. The molecule has 2 unspecified atom stereocenters. The molecule has 0 spiro atoms. The highest BCUT2D eigenvalue weighted by atomic mass is 16.7. The summed E-state index contributed by atoms with van der Waals surface area (Å²) in [6.45, 7) is 6.37. The lowest BCUT2D eigenvalue weighted by Gasteiger charge is -2.17. The van der Waals surface area contributed by atoms with Crippen LogP contribution in [0.2, 0.25) is 0 Å². The summed E-state index contributed by atoms with van der Waals surface area (Å²) in [4.78, 5) is 0. The smallest absolute Gasteiger partial charge is 0.163 e. The van der Waals surface area contributed by atoms with Crippen molar-refractivity contribution in [3.05, 3.63) is 0 Å². The summed E-state index contributed by atoms with van der Waals surface area (Å²) in [5.41, 5.74) is 0. The Bertz CT molecular complexity index is 154. The highest BCUT2D eigenvalue weighted by molar-refractivity contribution is 4.70. The van der Waals surface area contributed by atoms with Crippen LogP contribution in [0.25, 0.3) is 0 Å². The first-order valence-electron chi connectivity index (χ1n) is 4.99. The Kier molecular flexibility index (Phi) is 3.71. The van der Waals surface area contributed by atoms with Crippen LogP contribution in [-0.4, -0.2) is 29.7 Å². The molecule has 3 nitrogen and oxygen atoms in total. The third kappa shape index (κ3) is 4.07. The van der Waals surface area contributed by atoms with Crippen LogP contribution in [0.1, 0.15) is 40.0 Å². The molecule has 1 rings (SSSR count). The fourth-order valence-corrected chi connectivity index (χ4v) is 1.55. The third-order valence-corrected chi connectivity index (χ3v) is 2.22. The number of ether oxygens (including phenoxy) is 2. The van der Waals surface area contributed by atoms with Gasteiger partial charge in [0.15, 0.2) is 5.79 Å². The molecule has 1 saturated heterocycles. The van der Waals surface area contributed by atoms with Crippen molar-refractivity contribution in [1.82, 2.24) is 0 Å². The Morgan fingerprint density at radius 2 is 2.23 bits per heavy atom. The second-order valence-electron chi connectivity index (χ2n) is 4.23. The van der Waals surface area contributed by atoms with Crippen LogP contribution in [0.15, 0.2) is 0 Å². The van der Waals surface area contributed by atoms with Crippen molar-refractivity contribution < 1.29 is 14.6 Å². The fraction of sp³-hybridized carbons (Fsp3) is 1.00. The zero-order valence-corrected chi connectivity index (χ0v) is 8.75. The molecule has 0 saturated carbocycles. The molecular formula is C10H20O3. The number of aliphatic hydroxyl groups is 1. The van der Waals surface area contributed by atoms with Gasteiger partial charge in [-0.3, -0.25) is 0 Å². The molecule has 3 heteroatoms. The molecule has 1 aliphatic heterocycles. The molecule has 0 bridgehead atoms. The van der Waals surface area contributed by atoms with Gasteiger partial charge in [0.25, 0.3) is 0 Å². The molecule has 2 atom stereocenters. The van der Waals surface area contributed by atoms with E-state index in [1.807, 2.05) is 20.8 Å². The van der Waals surface area contributed by atoms with E-state index in [0.29, 0.717) is 6.61 Å². The minimum atomic E-state index is -0.407. The van der Waals surface area contributed by atoms with E-state index in [2.05, 4.69) is 0 Å². The highest BCUT2D eigenvalue weighted by Gasteiger charge is 2.31. The van der Waals surface area contributed by atoms with Crippen LogP contribution in [0.4, 0.5) is 0 Å². The quantitative estimate of drug-likeness (QED) is 0.729. The van der Waals surface area contributed by atoms with Gasteiger partial charge in [-0.05, 0) is 40.0 Å². The van der Waals surface area contributed by atoms with Crippen LogP contribution in [0.5, 0.6) is 0 Å². The van der Waals surface area contributed by atoms with Gasteiger partial charge < -0.3 is 14.6 Å². The summed E-state index contributed by atoms with van der Waals surface area (Å²) < 4.78 is 11.1. The summed E-state index contributed by atoms with van der Waals surface area (Å²) >= 11 is 0. The van der Waals surface area contributed by atoms with Crippen molar-refractivity contribution in [1.29, 1.82) is 0 Å². The van der Waals surface area contributed by atoms with Crippen LogP contribution in [0.3, 0.4) is 0 Å². The standard InChI is InChI=1S/C10H20O3/c1-8(11)5-4-6-9-7-12-10(2,3)13-9/h8-9,11H,4-7H2,1-3H3. The van der Waals surface area contributed by atoms with Gasteiger partial charge in [-0.1, -0.05) is 0 Å². The largest absolute Gasteiger partial charge is 0.393 e. The van der Waals surface area contributed by atoms with Gasteiger partial charge in [-0.25, -0.2) is 0 Å². The van der Waals surface area contributed by atoms with Crippen LogP contribution < -0.4 is 0 Å². The van der Waals surface area contributed by atoms with Gasteiger partial charge in [-0.15, -0.1) is 0 Å². The van der Waals surface area contributed by atoms with E-state index in [9.17, 15) is 0 Å². The maximum absolute atomic E-state index is 9.06. The van der Waals surface area contributed by atoms with E-state index in [-0.39, 0.29) is 12.2 Å². The van der Waals surface area contributed by atoms with Gasteiger partial charge in [-0.2, -0.15) is 0 Å². The van der Waals surface area contributed by atoms with E-state index in [1.165, 1.54) is 0 Å². The molecule has 0 aromatic carbocycles. The van der Waals surface area contributed by atoms with Crippen molar-refractivity contribution in [2.45, 2.75) is 58.0 Å². The second kappa shape index (κ2) is 4.40. The normalized spacial score (nSPS) is 29.1. The number of hydrogen-bond acceptors (Lipinski definition) is 3. The summed E-state index contributed by atoms with van der Waals surface area (Å²) in [5, 5.41) is 9.06. The molecule has 1 aliphatic rings. The van der Waals surface area contributed by atoms with E-state index in [0.717, 1.165) is 19.3 Å². The summed E-state index contributed by atoms with van der Waals surface area (Å²) in [6.07, 6.45) is 2.85. The van der Waals surface area contributed by atoms with Crippen molar-refractivity contribution in [3.8, 4) is 0 Å². The topological polar surface area (TPSA) is 38.7 Å². The first-order chi connectivity index (χ1) is 5.99. The summed E-state index contributed by atoms with van der Waals surface area (Å²) in [6, 6.07) is 0. The lowest BCUT2D eigenvalue weighted by atomic mass is 10.1. The average molecular weight is 188 g/mol. The number of hydrogen-bond donors (Lipinski definition) is 1. The Morgan fingerprint density at radius 1 is 1.54 bits per heavy atom.